The van der Waals surface area contributed by atoms with E-state index >= 15 is 0 Å². The number of unbranched alkanes of at least 4 members (excludes halogenated alkanes) is 3. The van der Waals surface area contributed by atoms with Gasteiger partial charge in [-0.2, -0.15) is 0 Å². The summed E-state index contributed by atoms with van der Waals surface area (Å²) in [4.78, 5) is 0. The molecule has 0 unspecified atom stereocenters. The molecule has 1 aliphatic carbocycles. The van der Waals surface area contributed by atoms with Gasteiger partial charge < -0.3 is 0 Å². The van der Waals surface area contributed by atoms with Crippen LogP contribution < -0.4 is 0 Å². The fourth-order valence-corrected chi connectivity index (χ4v) is 3.35. The van der Waals surface area contributed by atoms with Crippen LogP contribution in [0.15, 0.2) is 48.5 Å². The van der Waals surface area contributed by atoms with Crippen molar-refractivity contribution in [2.24, 2.45) is 0 Å². The van der Waals surface area contributed by atoms with Crippen LogP contribution in [0.4, 0.5) is 0 Å². The normalized spacial score (nSPS) is 13.3. The van der Waals surface area contributed by atoms with Gasteiger partial charge in [-0.3, -0.25) is 0 Å². The van der Waals surface area contributed by atoms with Crippen molar-refractivity contribution in [2.75, 3.05) is 0 Å². The largest absolute Gasteiger partial charge is 0.0654 e. The summed E-state index contributed by atoms with van der Waals surface area (Å²) in [5.74, 6) is 0.629. The zero-order valence-electron chi connectivity index (χ0n) is 11.7. The Bertz CT molecular complexity index is 508. The first-order valence-corrected chi connectivity index (χ1v) is 7.60. The molecule has 0 N–H and O–H groups in total. The van der Waals surface area contributed by atoms with Gasteiger partial charge in [-0.05, 0) is 28.7 Å². The minimum absolute atomic E-state index is 0.629. The third-order valence-electron chi connectivity index (χ3n) is 4.31. The Morgan fingerprint density at radius 1 is 0.737 bits per heavy atom. The highest BCUT2D eigenvalue weighted by Gasteiger charge is 2.26. The molecule has 0 saturated carbocycles. The molecule has 2 aromatic carbocycles. The van der Waals surface area contributed by atoms with Gasteiger partial charge in [-0.25, -0.2) is 0 Å². The Hall–Kier alpha value is -1.56. The zero-order chi connectivity index (χ0) is 13.1. The van der Waals surface area contributed by atoms with Crippen molar-refractivity contribution in [1.29, 1.82) is 0 Å². The molecule has 0 aliphatic heterocycles. The maximum atomic E-state index is 2.32. The van der Waals surface area contributed by atoms with Crippen LogP contribution in [0.25, 0.3) is 11.1 Å². The first-order chi connectivity index (χ1) is 9.42. The Morgan fingerprint density at radius 3 is 1.89 bits per heavy atom. The average molecular weight is 250 g/mol. The van der Waals surface area contributed by atoms with E-state index in [1.54, 1.807) is 11.1 Å². The van der Waals surface area contributed by atoms with E-state index < -0.39 is 0 Å². The van der Waals surface area contributed by atoms with Gasteiger partial charge in [-0.1, -0.05) is 81.1 Å². The minimum Gasteiger partial charge on any atom is -0.0654 e. The summed E-state index contributed by atoms with van der Waals surface area (Å²) in [5, 5.41) is 0. The lowest BCUT2D eigenvalue weighted by molar-refractivity contribution is 0.601. The maximum absolute atomic E-state index is 2.32. The Labute approximate surface area is 116 Å². The van der Waals surface area contributed by atoms with Crippen LogP contribution in [0.5, 0.6) is 0 Å². The predicted octanol–water partition coefficient (Wildman–Crippen LogP) is 5.77. The highest BCUT2D eigenvalue weighted by molar-refractivity contribution is 5.78. The van der Waals surface area contributed by atoms with Gasteiger partial charge in [0.05, 0.1) is 0 Å². The van der Waals surface area contributed by atoms with E-state index in [0.29, 0.717) is 5.92 Å². The van der Waals surface area contributed by atoms with Gasteiger partial charge in [0.1, 0.15) is 0 Å². The molecule has 0 nitrogen and oxygen atoms in total. The lowest BCUT2D eigenvalue weighted by Gasteiger charge is -2.13. The van der Waals surface area contributed by atoms with Crippen molar-refractivity contribution in [3.63, 3.8) is 0 Å². The first-order valence-electron chi connectivity index (χ1n) is 7.60. The van der Waals surface area contributed by atoms with Crippen LogP contribution in [0.3, 0.4) is 0 Å². The third kappa shape index (κ3) is 2.32. The van der Waals surface area contributed by atoms with Gasteiger partial charge in [0.15, 0.2) is 0 Å². The van der Waals surface area contributed by atoms with E-state index in [1.807, 2.05) is 0 Å². The zero-order valence-corrected chi connectivity index (χ0v) is 11.7. The second-order valence-corrected chi connectivity index (χ2v) is 5.58. The van der Waals surface area contributed by atoms with E-state index in [9.17, 15) is 0 Å². The maximum Gasteiger partial charge on any atom is 0.0102 e. The van der Waals surface area contributed by atoms with Gasteiger partial charge in [0.2, 0.25) is 0 Å². The van der Waals surface area contributed by atoms with Crippen molar-refractivity contribution >= 4 is 0 Å². The molecule has 0 saturated heterocycles. The number of rotatable bonds is 5. The summed E-state index contributed by atoms with van der Waals surface area (Å²) < 4.78 is 0. The third-order valence-corrected chi connectivity index (χ3v) is 4.31. The predicted molar refractivity (Wildman–Crippen MR) is 82.5 cm³/mol. The van der Waals surface area contributed by atoms with Crippen LogP contribution in [0, 0.1) is 0 Å². The minimum atomic E-state index is 0.629. The summed E-state index contributed by atoms with van der Waals surface area (Å²) in [6.07, 6.45) is 6.71. The molecule has 0 spiro atoms. The van der Waals surface area contributed by atoms with E-state index in [-0.39, 0.29) is 0 Å². The number of hydrogen-bond acceptors (Lipinski definition) is 0. The molecular formula is C19H22. The van der Waals surface area contributed by atoms with Crippen LogP contribution in [-0.4, -0.2) is 0 Å². The second kappa shape index (κ2) is 5.61. The first kappa shape index (κ1) is 12.5. The van der Waals surface area contributed by atoms with Crippen LogP contribution >= 0.6 is 0 Å². The summed E-state index contributed by atoms with van der Waals surface area (Å²) in [7, 11) is 0. The molecule has 0 amide bonds. The summed E-state index contributed by atoms with van der Waals surface area (Å²) in [6.45, 7) is 2.28. The lowest BCUT2D eigenvalue weighted by Crippen LogP contribution is -1.96. The molecule has 0 bridgehead atoms. The molecule has 2 aromatic rings. The van der Waals surface area contributed by atoms with Crippen LogP contribution in [0.2, 0.25) is 0 Å². The van der Waals surface area contributed by atoms with Crippen molar-refractivity contribution in [2.45, 2.75) is 44.9 Å². The monoisotopic (exact) mass is 250 g/mol. The van der Waals surface area contributed by atoms with Crippen molar-refractivity contribution in [1.82, 2.24) is 0 Å². The van der Waals surface area contributed by atoms with E-state index in [1.165, 1.54) is 43.2 Å². The molecule has 0 heterocycles. The molecular weight excluding hydrogens is 228 g/mol. The molecule has 19 heavy (non-hydrogen) atoms. The van der Waals surface area contributed by atoms with Crippen molar-refractivity contribution in [3.05, 3.63) is 59.7 Å². The molecule has 0 heteroatoms. The number of benzene rings is 2. The average Bonchev–Trinajstić information content (AvgIpc) is 2.78. The molecule has 1 aliphatic rings. The van der Waals surface area contributed by atoms with Crippen molar-refractivity contribution < 1.29 is 0 Å². The van der Waals surface area contributed by atoms with Gasteiger partial charge in [-0.15, -0.1) is 0 Å². The smallest absolute Gasteiger partial charge is 0.0102 e. The SMILES string of the molecule is CCCCCCC1c2ccccc2-c2ccccc21. The fraction of sp³-hybridized carbons (Fsp3) is 0.368. The van der Waals surface area contributed by atoms with E-state index in [4.69, 9.17) is 0 Å². The Kier molecular flexibility index (Phi) is 3.68. The second-order valence-electron chi connectivity index (χ2n) is 5.58. The number of hydrogen-bond donors (Lipinski definition) is 0. The fourth-order valence-electron chi connectivity index (χ4n) is 3.35. The van der Waals surface area contributed by atoms with Crippen LogP contribution in [0.1, 0.15) is 56.1 Å². The van der Waals surface area contributed by atoms with Crippen LogP contribution in [-0.2, 0) is 0 Å². The molecule has 0 radical (unpaired) electrons. The van der Waals surface area contributed by atoms with Gasteiger partial charge >= 0.3 is 0 Å². The van der Waals surface area contributed by atoms with Gasteiger partial charge in [0.25, 0.3) is 0 Å². The molecule has 0 fully saturated rings. The quantitative estimate of drug-likeness (QED) is 0.591. The van der Waals surface area contributed by atoms with E-state index in [0.717, 1.165) is 0 Å². The molecule has 3 rings (SSSR count). The Morgan fingerprint density at radius 2 is 1.32 bits per heavy atom. The highest BCUT2D eigenvalue weighted by Crippen LogP contribution is 2.46. The molecule has 0 atom stereocenters. The highest BCUT2D eigenvalue weighted by atomic mass is 14.3. The van der Waals surface area contributed by atoms with Gasteiger partial charge in [0, 0.05) is 5.92 Å². The topological polar surface area (TPSA) is 0 Å². The summed E-state index contributed by atoms with van der Waals surface area (Å²) in [6, 6.07) is 17.9. The molecule has 98 valence electrons. The summed E-state index contributed by atoms with van der Waals surface area (Å²) in [5.41, 5.74) is 6.00. The van der Waals surface area contributed by atoms with Crippen molar-refractivity contribution in [3.8, 4) is 11.1 Å². The van der Waals surface area contributed by atoms with E-state index in [2.05, 4.69) is 55.5 Å². The standard InChI is InChI=1S/C19H22/c1-2-3-4-5-10-15-16-11-6-8-13-18(16)19-14-9-7-12-17(15)19/h6-9,11-15H,2-5,10H2,1H3. The molecule has 0 aromatic heterocycles. The number of fused-ring (bicyclic) bond motifs is 3. The Balaban J connectivity index is 1.87. The lowest BCUT2D eigenvalue weighted by atomic mass is 9.91. The summed E-state index contributed by atoms with van der Waals surface area (Å²) >= 11 is 0.